The Kier molecular flexibility index (Phi) is 5.42. The number of fused-ring (bicyclic) bond motifs is 1. The first kappa shape index (κ1) is 20.5. The molecule has 1 aliphatic heterocycles. The van der Waals surface area contributed by atoms with Gasteiger partial charge in [-0.15, -0.1) is 0 Å². The molecule has 0 saturated carbocycles. The van der Waals surface area contributed by atoms with Crippen molar-refractivity contribution in [3.05, 3.63) is 18.6 Å². The molecule has 11 heteroatoms. The van der Waals surface area contributed by atoms with Crippen molar-refractivity contribution in [1.29, 1.82) is 0 Å². The van der Waals surface area contributed by atoms with Crippen LogP contribution in [0.15, 0.2) is 18.6 Å². The maximum absolute atomic E-state index is 11.9. The van der Waals surface area contributed by atoms with Gasteiger partial charge < -0.3 is 29.2 Å². The molecular formula is C18H22N4O7. The predicted molar refractivity (Wildman–Crippen MR) is 98.2 cm³/mol. The number of hydrogen-bond acceptors (Lipinski definition) is 10. The van der Waals surface area contributed by atoms with Crippen molar-refractivity contribution in [2.45, 2.75) is 51.7 Å². The normalized spacial score (nSPS) is 26.3. The molecule has 0 amide bonds. The van der Waals surface area contributed by atoms with Crippen LogP contribution in [0.1, 0.15) is 33.9 Å². The Labute approximate surface area is 166 Å². The molecule has 29 heavy (non-hydrogen) atoms. The van der Waals surface area contributed by atoms with Crippen LogP contribution in [0.4, 0.5) is 5.82 Å². The minimum atomic E-state index is -1.44. The quantitative estimate of drug-likeness (QED) is 0.557. The van der Waals surface area contributed by atoms with Crippen LogP contribution in [0.25, 0.3) is 11.0 Å². The molecule has 11 nitrogen and oxygen atoms in total. The molecule has 0 bridgehead atoms. The highest BCUT2D eigenvalue weighted by Gasteiger charge is 2.60. The molecule has 0 radical (unpaired) electrons. The summed E-state index contributed by atoms with van der Waals surface area (Å²) in [6, 6.07) is 1.70. The highest BCUT2D eigenvalue weighted by Crippen LogP contribution is 2.44. The first-order valence-electron chi connectivity index (χ1n) is 8.86. The van der Waals surface area contributed by atoms with E-state index in [0.29, 0.717) is 11.0 Å². The second-order valence-corrected chi connectivity index (χ2v) is 6.86. The zero-order valence-corrected chi connectivity index (χ0v) is 16.4. The van der Waals surface area contributed by atoms with Gasteiger partial charge in [0.2, 0.25) is 0 Å². The number of nitrogens with two attached hydrogens (primary N) is 1. The molecule has 2 aromatic heterocycles. The van der Waals surface area contributed by atoms with Gasteiger partial charge in [-0.1, -0.05) is 0 Å². The molecule has 1 fully saturated rings. The third-order valence-electron chi connectivity index (χ3n) is 4.60. The van der Waals surface area contributed by atoms with Gasteiger partial charge in [-0.3, -0.25) is 14.4 Å². The van der Waals surface area contributed by atoms with E-state index in [2.05, 4.69) is 9.97 Å². The fourth-order valence-electron chi connectivity index (χ4n) is 3.52. The average molecular weight is 406 g/mol. The summed E-state index contributed by atoms with van der Waals surface area (Å²) in [6.07, 6.45) is 0.0923. The summed E-state index contributed by atoms with van der Waals surface area (Å²) < 4.78 is 23.8. The first-order valence-corrected chi connectivity index (χ1v) is 8.86. The second kappa shape index (κ2) is 7.66. The molecule has 0 aliphatic carbocycles. The van der Waals surface area contributed by atoms with Gasteiger partial charge in [0.15, 0.2) is 17.9 Å². The summed E-state index contributed by atoms with van der Waals surface area (Å²) in [5.41, 5.74) is 4.90. The minimum absolute atomic E-state index is 0.197. The van der Waals surface area contributed by atoms with Gasteiger partial charge in [0.25, 0.3) is 0 Å². The van der Waals surface area contributed by atoms with E-state index < -0.39 is 41.9 Å². The number of carbonyl (C=O) groups is 3. The maximum Gasteiger partial charge on any atom is 0.303 e. The monoisotopic (exact) mass is 406 g/mol. The Bertz CT molecular complexity index is 959. The SMILES string of the molecule is CC(=O)OCC1OC(n2ccc3c(N)ncnc32)C(C)(OC(C)=O)C1OC(C)=O. The van der Waals surface area contributed by atoms with Gasteiger partial charge in [0, 0.05) is 27.0 Å². The summed E-state index contributed by atoms with van der Waals surface area (Å²) in [5.74, 6) is -1.46. The molecule has 4 atom stereocenters. The van der Waals surface area contributed by atoms with Crippen molar-refractivity contribution in [2.75, 3.05) is 12.3 Å². The molecule has 3 heterocycles. The van der Waals surface area contributed by atoms with E-state index in [1.807, 2.05) is 0 Å². The molecule has 2 N–H and O–H groups in total. The zero-order chi connectivity index (χ0) is 21.3. The lowest BCUT2D eigenvalue weighted by atomic mass is 9.95. The number of aromatic nitrogens is 3. The van der Waals surface area contributed by atoms with Gasteiger partial charge in [0.05, 0.1) is 5.39 Å². The molecule has 0 aromatic carbocycles. The van der Waals surface area contributed by atoms with E-state index in [9.17, 15) is 14.4 Å². The maximum atomic E-state index is 11.9. The summed E-state index contributed by atoms with van der Waals surface area (Å²) in [6.45, 7) is 5.09. The third-order valence-corrected chi connectivity index (χ3v) is 4.60. The van der Waals surface area contributed by atoms with Crippen molar-refractivity contribution in [3.63, 3.8) is 0 Å². The van der Waals surface area contributed by atoms with Gasteiger partial charge in [-0.05, 0) is 13.0 Å². The molecule has 2 aromatic rings. The molecule has 3 rings (SSSR count). The van der Waals surface area contributed by atoms with Crippen molar-refractivity contribution >= 4 is 34.8 Å². The number of hydrogen-bond donors (Lipinski definition) is 1. The Hall–Kier alpha value is -3.21. The lowest BCUT2D eigenvalue weighted by Crippen LogP contribution is -2.50. The third kappa shape index (κ3) is 3.86. The van der Waals surface area contributed by atoms with E-state index in [4.69, 9.17) is 24.7 Å². The molecule has 1 saturated heterocycles. The fourth-order valence-corrected chi connectivity index (χ4v) is 3.52. The van der Waals surface area contributed by atoms with E-state index in [-0.39, 0.29) is 12.4 Å². The smallest absolute Gasteiger partial charge is 0.303 e. The summed E-state index contributed by atoms with van der Waals surface area (Å²) in [5, 5.41) is 0.578. The zero-order valence-electron chi connectivity index (χ0n) is 16.4. The standard InChI is InChI=1S/C18H22N4O7/c1-9(23)26-7-13-14(27-10(2)24)18(4,29-11(3)25)17(28-13)22-6-5-12-15(19)20-8-21-16(12)22/h5-6,8,13-14,17H,7H2,1-4H3,(H2,19,20,21). The molecule has 156 valence electrons. The van der Waals surface area contributed by atoms with E-state index in [1.54, 1.807) is 23.8 Å². The van der Waals surface area contributed by atoms with Crippen molar-refractivity contribution in [3.8, 4) is 0 Å². The highest BCUT2D eigenvalue weighted by atomic mass is 16.7. The van der Waals surface area contributed by atoms with Gasteiger partial charge >= 0.3 is 17.9 Å². The highest BCUT2D eigenvalue weighted by molar-refractivity contribution is 5.86. The average Bonchev–Trinajstić information content (AvgIpc) is 3.13. The lowest BCUT2D eigenvalue weighted by molar-refractivity contribution is -0.184. The van der Waals surface area contributed by atoms with Crippen LogP contribution in [0.5, 0.6) is 0 Å². The van der Waals surface area contributed by atoms with Crippen LogP contribution in [-0.4, -0.2) is 56.9 Å². The predicted octanol–water partition coefficient (Wildman–Crippen LogP) is 0.727. The van der Waals surface area contributed by atoms with Gasteiger partial charge in [-0.2, -0.15) is 0 Å². The first-order chi connectivity index (χ1) is 13.6. The Morgan fingerprint density at radius 1 is 1.21 bits per heavy atom. The van der Waals surface area contributed by atoms with Crippen LogP contribution in [-0.2, 0) is 33.3 Å². The van der Waals surface area contributed by atoms with Crippen LogP contribution in [0.2, 0.25) is 0 Å². The van der Waals surface area contributed by atoms with Crippen LogP contribution < -0.4 is 5.73 Å². The summed E-state index contributed by atoms with van der Waals surface area (Å²) in [7, 11) is 0. The molecule has 1 aliphatic rings. The Morgan fingerprint density at radius 3 is 2.55 bits per heavy atom. The number of ether oxygens (including phenoxy) is 4. The van der Waals surface area contributed by atoms with Crippen molar-refractivity contribution in [1.82, 2.24) is 14.5 Å². The fraction of sp³-hybridized carbons (Fsp3) is 0.500. The van der Waals surface area contributed by atoms with Crippen molar-refractivity contribution < 1.29 is 33.3 Å². The van der Waals surface area contributed by atoms with Gasteiger partial charge in [-0.25, -0.2) is 9.97 Å². The van der Waals surface area contributed by atoms with E-state index >= 15 is 0 Å². The summed E-state index contributed by atoms with van der Waals surface area (Å²) in [4.78, 5) is 43.1. The summed E-state index contributed by atoms with van der Waals surface area (Å²) >= 11 is 0. The number of rotatable bonds is 5. The van der Waals surface area contributed by atoms with Crippen LogP contribution in [0, 0.1) is 0 Å². The number of carbonyl (C=O) groups excluding carboxylic acids is 3. The molecule has 0 spiro atoms. The number of nitrogens with zero attached hydrogens (tertiary/aromatic N) is 3. The van der Waals surface area contributed by atoms with E-state index in [0.717, 1.165) is 0 Å². The number of nitrogen functional groups attached to an aromatic ring is 1. The number of esters is 3. The minimum Gasteiger partial charge on any atom is -0.463 e. The van der Waals surface area contributed by atoms with Crippen LogP contribution in [0.3, 0.4) is 0 Å². The topological polar surface area (TPSA) is 145 Å². The van der Waals surface area contributed by atoms with Crippen molar-refractivity contribution in [2.24, 2.45) is 0 Å². The molecular weight excluding hydrogens is 384 g/mol. The van der Waals surface area contributed by atoms with Crippen LogP contribution >= 0.6 is 0 Å². The lowest BCUT2D eigenvalue weighted by Gasteiger charge is -2.34. The van der Waals surface area contributed by atoms with E-state index in [1.165, 1.54) is 27.1 Å². The number of anilines is 1. The second-order valence-electron chi connectivity index (χ2n) is 6.86. The Morgan fingerprint density at radius 2 is 1.93 bits per heavy atom. The Balaban J connectivity index is 2.09. The largest absolute Gasteiger partial charge is 0.463 e. The van der Waals surface area contributed by atoms with Gasteiger partial charge in [0.1, 0.15) is 30.5 Å². The molecule has 4 unspecified atom stereocenters.